The largest absolute Gasteiger partial charge is 0.341 e. The highest BCUT2D eigenvalue weighted by Gasteiger charge is 2.24. The van der Waals surface area contributed by atoms with E-state index in [4.69, 9.17) is 0 Å². The van der Waals surface area contributed by atoms with Crippen LogP contribution >= 0.6 is 0 Å². The molecule has 1 aromatic heterocycles. The zero-order chi connectivity index (χ0) is 24.5. The second kappa shape index (κ2) is 9.27. The quantitative estimate of drug-likeness (QED) is 0.573. The molecule has 33 heavy (non-hydrogen) atoms. The second-order valence-corrected chi connectivity index (χ2v) is 10.3. The van der Waals surface area contributed by atoms with E-state index in [1.807, 2.05) is 19.9 Å². The fourth-order valence-electron chi connectivity index (χ4n) is 3.71. The van der Waals surface area contributed by atoms with Crippen LogP contribution < -0.4 is 10.3 Å². The number of amides is 1. The van der Waals surface area contributed by atoms with E-state index in [1.165, 1.54) is 16.8 Å². The smallest absolute Gasteiger partial charge is 0.296 e. The van der Waals surface area contributed by atoms with Crippen molar-refractivity contribution in [3.05, 3.63) is 75.7 Å². The first kappa shape index (κ1) is 24.3. The topological polar surface area (TPSA) is 93.4 Å². The first-order valence-electron chi connectivity index (χ1n) is 10.7. The van der Waals surface area contributed by atoms with Gasteiger partial charge in [-0.1, -0.05) is 38.1 Å². The van der Waals surface area contributed by atoms with Gasteiger partial charge in [-0.15, -0.1) is 0 Å². The van der Waals surface area contributed by atoms with Crippen LogP contribution in [0, 0.1) is 19.8 Å². The lowest BCUT2D eigenvalue weighted by molar-refractivity contribution is 0.0778. The molecule has 0 fully saturated rings. The summed E-state index contributed by atoms with van der Waals surface area (Å²) in [4.78, 5) is 27.5. The number of aromatic nitrogens is 2. The Labute approximate surface area is 194 Å². The monoisotopic (exact) mass is 470 g/mol. The van der Waals surface area contributed by atoms with Crippen molar-refractivity contribution in [2.75, 3.05) is 18.3 Å². The highest BCUT2D eigenvalue weighted by molar-refractivity contribution is 7.92. The molecule has 2 aromatic carbocycles. The third-order valence-corrected chi connectivity index (χ3v) is 6.87. The molecule has 0 saturated heterocycles. The normalized spacial score (nSPS) is 11.6. The van der Waals surface area contributed by atoms with Crippen LogP contribution in [-0.4, -0.2) is 42.2 Å². The highest BCUT2D eigenvalue weighted by Crippen LogP contribution is 2.22. The summed E-state index contributed by atoms with van der Waals surface area (Å²) >= 11 is 0. The third-order valence-electron chi connectivity index (χ3n) is 5.53. The highest BCUT2D eigenvalue weighted by atomic mass is 32.2. The number of rotatable bonds is 7. The minimum atomic E-state index is -4.11. The molecule has 0 radical (unpaired) electrons. The molecule has 8 nitrogen and oxygen atoms in total. The molecule has 0 aliphatic rings. The number of anilines is 1. The van der Waals surface area contributed by atoms with Gasteiger partial charge in [0.15, 0.2) is 0 Å². The van der Waals surface area contributed by atoms with Gasteiger partial charge in [0.25, 0.3) is 21.5 Å². The standard InChI is InChI=1S/C24H30N4O4S/c1-16(2)15-26(5)23(29)21-14-20(13-12-17(21)3)33(31,32)25-22-18(4)27(6)28(24(22)30)19-10-8-7-9-11-19/h7-14,16,25H,15H2,1-6H3. The number of hydrogen-bond donors (Lipinski definition) is 1. The van der Waals surface area contributed by atoms with E-state index in [1.54, 1.807) is 67.9 Å². The lowest BCUT2D eigenvalue weighted by atomic mass is 10.1. The van der Waals surface area contributed by atoms with E-state index in [2.05, 4.69) is 4.72 Å². The second-order valence-electron chi connectivity index (χ2n) is 8.60. The summed E-state index contributed by atoms with van der Waals surface area (Å²) in [5, 5.41) is 0. The van der Waals surface area contributed by atoms with Gasteiger partial charge in [0.05, 0.1) is 16.3 Å². The van der Waals surface area contributed by atoms with Crippen LogP contribution in [0.1, 0.15) is 35.5 Å². The van der Waals surface area contributed by atoms with Gasteiger partial charge in [-0.25, -0.2) is 13.1 Å². The molecular weight excluding hydrogens is 440 g/mol. The molecule has 176 valence electrons. The van der Waals surface area contributed by atoms with Crippen molar-refractivity contribution in [3.8, 4) is 5.69 Å². The summed E-state index contributed by atoms with van der Waals surface area (Å²) in [7, 11) is -0.729. The molecule has 0 aliphatic carbocycles. The molecule has 0 spiro atoms. The molecular formula is C24H30N4O4S. The Balaban J connectivity index is 2.00. The summed E-state index contributed by atoms with van der Waals surface area (Å²) in [5.74, 6) is 0.0289. The number of carbonyl (C=O) groups excluding carboxylic acids is 1. The molecule has 0 bridgehead atoms. The summed E-state index contributed by atoms with van der Waals surface area (Å²) < 4.78 is 31.8. The summed E-state index contributed by atoms with van der Waals surface area (Å²) in [6.07, 6.45) is 0. The van der Waals surface area contributed by atoms with Crippen molar-refractivity contribution < 1.29 is 13.2 Å². The van der Waals surface area contributed by atoms with Crippen LogP contribution in [0.25, 0.3) is 5.69 Å². The van der Waals surface area contributed by atoms with Gasteiger partial charge in [-0.05, 0) is 49.6 Å². The van der Waals surface area contributed by atoms with Crippen LogP contribution in [0.2, 0.25) is 0 Å². The van der Waals surface area contributed by atoms with Gasteiger partial charge in [0.1, 0.15) is 5.69 Å². The fraction of sp³-hybridized carbons (Fsp3) is 0.333. The number of hydrogen-bond acceptors (Lipinski definition) is 4. The Kier molecular flexibility index (Phi) is 6.83. The van der Waals surface area contributed by atoms with E-state index in [0.29, 0.717) is 29.1 Å². The van der Waals surface area contributed by atoms with Crippen LogP contribution in [0.5, 0.6) is 0 Å². The minimum Gasteiger partial charge on any atom is -0.341 e. The van der Waals surface area contributed by atoms with Gasteiger partial charge >= 0.3 is 0 Å². The number of carbonyl (C=O) groups is 1. The van der Waals surface area contributed by atoms with Crippen LogP contribution in [0.4, 0.5) is 5.69 Å². The predicted octanol–water partition coefficient (Wildman–Crippen LogP) is 3.32. The Bertz CT molecular complexity index is 1340. The van der Waals surface area contributed by atoms with E-state index in [0.717, 1.165) is 0 Å². The summed E-state index contributed by atoms with van der Waals surface area (Å²) in [6, 6.07) is 13.4. The van der Waals surface area contributed by atoms with Crippen LogP contribution in [0.15, 0.2) is 58.2 Å². The van der Waals surface area contributed by atoms with E-state index < -0.39 is 15.6 Å². The maximum absolute atomic E-state index is 13.2. The summed E-state index contributed by atoms with van der Waals surface area (Å²) in [5.41, 5.74) is 1.56. The maximum Gasteiger partial charge on any atom is 0.296 e. The Morgan fingerprint density at radius 1 is 1.09 bits per heavy atom. The molecule has 0 unspecified atom stereocenters. The Morgan fingerprint density at radius 3 is 2.33 bits per heavy atom. The molecule has 3 aromatic rings. The van der Waals surface area contributed by atoms with Crippen molar-refractivity contribution >= 4 is 21.6 Å². The molecule has 0 saturated carbocycles. The van der Waals surface area contributed by atoms with Crippen LogP contribution in [-0.2, 0) is 17.1 Å². The average molecular weight is 471 g/mol. The first-order chi connectivity index (χ1) is 15.4. The van der Waals surface area contributed by atoms with Crippen molar-refractivity contribution in [2.45, 2.75) is 32.6 Å². The van der Waals surface area contributed by atoms with Crippen molar-refractivity contribution in [2.24, 2.45) is 13.0 Å². The van der Waals surface area contributed by atoms with Gasteiger partial charge in [0.2, 0.25) is 0 Å². The first-order valence-corrected chi connectivity index (χ1v) is 12.1. The van der Waals surface area contributed by atoms with Crippen molar-refractivity contribution in [3.63, 3.8) is 0 Å². The molecule has 0 atom stereocenters. The van der Waals surface area contributed by atoms with Gasteiger partial charge in [0, 0.05) is 26.2 Å². The molecule has 1 amide bonds. The van der Waals surface area contributed by atoms with E-state index in [9.17, 15) is 18.0 Å². The minimum absolute atomic E-state index is 0.0354. The molecule has 9 heteroatoms. The summed E-state index contributed by atoms with van der Waals surface area (Å²) in [6.45, 7) is 8.00. The molecule has 1 N–H and O–H groups in total. The number of sulfonamides is 1. The van der Waals surface area contributed by atoms with E-state index in [-0.39, 0.29) is 22.4 Å². The predicted molar refractivity (Wildman–Crippen MR) is 130 cm³/mol. The lowest BCUT2D eigenvalue weighted by Gasteiger charge is -2.21. The Hall–Kier alpha value is -3.33. The average Bonchev–Trinajstić information content (AvgIpc) is 2.96. The zero-order valence-electron chi connectivity index (χ0n) is 19.8. The molecule has 3 rings (SSSR count). The van der Waals surface area contributed by atoms with Gasteiger partial charge < -0.3 is 4.90 Å². The maximum atomic E-state index is 13.2. The number of nitrogens with one attached hydrogen (secondary N) is 1. The number of aryl methyl sites for hydroxylation is 1. The van der Waals surface area contributed by atoms with Gasteiger partial charge in [-0.3, -0.25) is 19.0 Å². The number of para-hydroxylation sites is 1. The molecule has 0 aliphatic heterocycles. The van der Waals surface area contributed by atoms with Crippen molar-refractivity contribution in [1.29, 1.82) is 0 Å². The Morgan fingerprint density at radius 2 is 1.73 bits per heavy atom. The molecule has 1 heterocycles. The third kappa shape index (κ3) is 4.88. The lowest BCUT2D eigenvalue weighted by Crippen LogP contribution is -2.31. The van der Waals surface area contributed by atoms with Gasteiger partial charge in [-0.2, -0.15) is 0 Å². The zero-order valence-corrected chi connectivity index (χ0v) is 20.6. The van der Waals surface area contributed by atoms with Crippen molar-refractivity contribution in [1.82, 2.24) is 14.3 Å². The van der Waals surface area contributed by atoms with Crippen LogP contribution in [0.3, 0.4) is 0 Å². The fourth-order valence-corrected chi connectivity index (χ4v) is 4.86. The van der Waals surface area contributed by atoms with E-state index >= 15 is 0 Å². The number of benzene rings is 2. The SMILES string of the molecule is Cc1ccc(S(=O)(=O)Nc2c(C)n(C)n(-c3ccccc3)c2=O)cc1C(=O)N(C)CC(C)C. The number of nitrogens with zero attached hydrogens (tertiary/aromatic N) is 3.